The standard InChI is InChI=1S/C18H22N4O2/c1-11(2)22-17-14(10-19-22)9-15(12(3)20-17)18(23)21(5)13(4)16-7-6-8-24-16/h6-11,13H,1-5H3. The van der Waals surface area contributed by atoms with Gasteiger partial charge < -0.3 is 9.32 Å². The first kappa shape index (κ1) is 16.2. The number of furan rings is 1. The highest BCUT2D eigenvalue weighted by Gasteiger charge is 2.23. The first-order valence-corrected chi connectivity index (χ1v) is 8.05. The van der Waals surface area contributed by atoms with Crippen LogP contribution in [0, 0.1) is 6.92 Å². The van der Waals surface area contributed by atoms with Crippen LogP contribution < -0.4 is 0 Å². The molecule has 3 aromatic heterocycles. The van der Waals surface area contributed by atoms with E-state index in [0.717, 1.165) is 16.8 Å². The molecule has 0 radical (unpaired) electrons. The topological polar surface area (TPSA) is 64.2 Å². The molecule has 6 heteroatoms. The summed E-state index contributed by atoms with van der Waals surface area (Å²) < 4.78 is 7.28. The average molecular weight is 326 g/mol. The van der Waals surface area contributed by atoms with Gasteiger partial charge in [0.25, 0.3) is 5.91 Å². The predicted molar refractivity (Wildman–Crippen MR) is 91.9 cm³/mol. The van der Waals surface area contributed by atoms with Crippen LogP contribution in [0.5, 0.6) is 0 Å². The van der Waals surface area contributed by atoms with Gasteiger partial charge in [-0.15, -0.1) is 0 Å². The average Bonchev–Trinajstić information content (AvgIpc) is 3.21. The Morgan fingerprint density at radius 1 is 1.33 bits per heavy atom. The molecule has 3 aromatic rings. The lowest BCUT2D eigenvalue weighted by atomic mass is 10.1. The normalized spacial score (nSPS) is 12.8. The van der Waals surface area contributed by atoms with Crippen LogP contribution in [0.25, 0.3) is 11.0 Å². The van der Waals surface area contributed by atoms with Crippen LogP contribution in [0.4, 0.5) is 0 Å². The number of hydrogen-bond acceptors (Lipinski definition) is 4. The highest BCUT2D eigenvalue weighted by Crippen LogP contribution is 2.24. The first-order chi connectivity index (χ1) is 11.4. The van der Waals surface area contributed by atoms with Crippen LogP contribution in [0.1, 0.15) is 54.7 Å². The maximum atomic E-state index is 12.9. The van der Waals surface area contributed by atoms with Crippen molar-refractivity contribution >= 4 is 16.9 Å². The van der Waals surface area contributed by atoms with Gasteiger partial charge in [0.1, 0.15) is 5.76 Å². The van der Waals surface area contributed by atoms with Gasteiger partial charge in [0.2, 0.25) is 0 Å². The second-order valence-corrected chi connectivity index (χ2v) is 6.32. The van der Waals surface area contributed by atoms with Crippen molar-refractivity contribution in [3.8, 4) is 0 Å². The maximum absolute atomic E-state index is 12.9. The molecule has 1 atom stereocenters. The van der Waals surface area contributed by atoms with E-state index < -0.39 is 0 Å². The third kappa shape index (κ3) is 2.68. The number of aromatic nitrogens is 3. The number of nitrogens with zero attached hydrogens (tertiary/aromatic N) is 4. The van der Waals surface area contributed by atoms with Crippen LogP contribution >= 0.6 is 0 Å². The number of hydrogen-bond donors (Lipinski definition) is 0. The summed E-state index contributed by atoms with van der Waals surface area (Å²) in [4.78, 5) is 19.2. The fourth-order valence-electron chi connectivity index (χ4n) is 2.75. The zero-order valence-electron chi connectivity index (χ0n) is 14.6. The Morgan fingerprint density at radius 3 is 2.71 bits per heavy atom. The number of carbonyl (C=O) groups excluding carboxylic acids is 1. The van der Waals surface area contributed by atoms with Gasteiger partial charge in [-0.1, -0.05) is 0 Å². The summed E-state index contributed by atoms with van der Waals surface area (Å²) in [6, 6.07) is 5.63. The Kier molecular flexibility index (Phi) is 4.13. The van der Waals surface area contributed by atoms with E-state index in [1.165, 1.54) is 0 Å². The van der Waals surface area contributed by atoms with Gasteiger partial charge in [-0.3, -0.25) is 4.79 Å². The zero-order chi connectivity index (χ0) is 17.4. The molecule has 0 aliphatic heterocycles. The molecule has 3 rings (SSSR count). The summed E-state index contributed by atoms with van der Waals surface area (Å²) >= 11 is 0. The Bertz CT molecular complexity index is 865. The van der Waals surface area contributed by atoms with Crippen LogP contribution in [0.15, 0.2) is 35.1 Å². The minimum Gasteiger partial charge on any atom is -0.467 e. The summed E-state index contributed by atoms with van der Waals surface area (Å²) in [5.41, 5.74) is 2.10. The van der Waals surface area contributed by atoms with Crippen molar-refractivity contribution in [2.24, 2.45) is 0 Å². The van der Waals surface area contributed by atoms with Crippen molar-refractivity contribution in [3.63, 3.8) is 0 Å². The zero-order valence-corrected chi connectivity index (χ0v) is 14.6. The molecule has 0 spiro atoms. The Balaban J connectivity index is 1.96. The smallest absolute Gasteiger partial charge is 0.256 e. The highest BCUT2D eigenvalue weighted by molar-refractivity contribution is 5.98. The Morgan fingerprint density at radius 2 is 2.08 bits per heavy atom. The predicted octanol–water partition coefficient (Wildman–Crippen LogP) is 3.75. The summed E-state index contributed by atoms with van der Waals surface area (Å²) in [5, 5.41) is 5.24. The van der Waals surface area contributed by atoms with E-state index in [2.05, 4.69) is 23.9 Å². The lowest BCUT2D eigenvalue weighted by Gasteiger charge is -2.24. The summed E-state index contributed by atoms with van der Waals surface area (Å²) in [6.07, 6.45) is 3.37. The minimum absolute atomic E-state index is 0.0805. The van der Waals surface area contributed by atoms with Gasteiger partial charge in [-0.25, -0.2) is 9.67 Å². The molecule has 0 aromatic carbocycles. The molecule has 6 nitrogen and oxygen atoms in total. The van der Waals surface area contributed by atoms with Crippen LogP contribution in [0.2, 0.25) is 0 Å². The van der Waals surface area contributed by atoms with Crippen LogP contribution in [-0.2, 0) is 0 Å². The Labute approximate surface area is 141 Å². The number of fused-ring (bicyclic) bond motifs is 1. The van der Waals surface area contributed by atoms with Crippen molar-refractivity contribution < 1.29 is 9.21 Å². The Hall–Kier alpha value is -2.63. The molecular formula is C18H22N4O2. The van der Waals surface area contributed by atoms with E-state index in [9.17, 15) is 4.79 Å². The van der Waals surface area contributed by atoms with Gasteiger partial charge in [0.05, 0.1) is 29.8 Å². The number of pyridine rings is 1. The van der Waals surface area contributed by atoms with Crippen molar-refractivity contribution in [2.75, 3.05) is 7.05 Å². The molecule has 126 valence electrons. The lowest BCUT2D eigenvalue weighted by molar-refractivity contribution is 0.0725. The molecule has 1 unspecified atom stereocenters. The van der Waals surface area contributed by atoms with Crippen molar-refractivity contribution in [2.45, 2.75) is 39.8 Å². The van der Waals surface area contributed by atoms with Crippen molar-refractivity contribution in [1.82, 2.24) is 19.7 Å². The third-order valence-electron chi connectivity index (χ3n) is 4.34. The van der Waals surface area contributed by atoms with E-state index in [4.69, 9.17) is 4.42 Å². The largest absolute Gasteiger partial charge is 0.467 e. The minimum atomic E-state index is -0.152. The molecule has 0 saturated heterocycles. The van der Waals surface area contributed by atoms with Gasteiger partial charge >= 0.3 is 0 Å². The molecule has 0 N–H and O–H groups in total. The molecule has 0 fully saturated rings. The highest BCUT2D eigenvalue weighted by atomic mass is 16.3. The fourth-order valence-corrected chi connectivity index (χ4v) is 2.75. The second kappa shape index (κ2) is 6.11. The van der Waals surface area contributed by atoms with Crippen LogP contribution in [0.3, 0.4) is 0 Å². The van der Waals surface area contributed by atoms with Gasteiger partial charge in [-0.2, -0.15) is 5.10 Å². The molecular weight excluding hydrogens is 304 g/mol. The molecule has 0 saturated carbocycles. The van der Waals surface area contributed by atoms with E-state index in [1.807, 2.05) is 36.7 Å². The quantitative estimate of drug-likeness (QED) is 0.732. The third-order valence-corrected chi connectivity index (χ3v) is 4.34. The molecule has 3 heterocycles. The molecule has 24 heavy (non-hydrogen) atoms. The van der Waals surface area contributed by atoms with Crippen LogP contribution in [-0.4, -0.2) is 32.6 Å². The number of carbonyl (C=O) groups is 1. The monoisotopic (exact) mass is 326 g/mol. The van der Waals surface area contributed by atoms with Crippen molar-refractivity contribution in [1.29, 1.82) is 0 Å². The second-order valence-electron chi connectivity index (χ2n) is 6.32. The fraction of sp³-hybridized carbons (Fsp3) is 0.389. The first-order valence-electron chi connectivity index (χ1n) is 8.05. The van der Waals surface area contributed by atoms with Crippen molar-refractivity contribution in [3.05, 3.63) is 47.7 Å². The number of amides is 1. The molecule has 0 aliphatic rings. The van der Waals surface area contributed by atoms with E-state index in [-0.39, 0.29) is 18.0 Å². The number of rotatable bonds is 4. The molecule has 1 amide bonds. The molecule has 0 bridgehead atoms. The SMILES string of the molecule is Cc1nc2c(cnn2C(C)C)cc1C(=O)N(C)C(C)c1ccco1. The van der Waals surface area contributed by atoms with E-state index >= 15 is 0 Å². The lowest BCUT2D eigenvalue weighted by Crippen LogP contribution is -2.30. The number of aryl methyl sites for hydroxylation is 1. The van der Waals surface area contributed by atoms with Gasteiger partial charge in [0.15, 0.2) is 5.65 Å². The molecule has 0 aliphatic carbocycles. The van der Waals surface area contributed by atoms with E-state index in [0.29, 0.717) is 11.3 Å². The summed E-state index contributed by atoms with van der Waals surface area (Å²) in [5.74, 6) is 0.674. The van der Waals surface area contributed by atoms with Gasteiger partial charge in [-0.05, 0) is 45.9 Å². The summed E-state index contributed by atoms with van der Waals surface area (Å²) in [7, 11) is 1.77. The van der Waals surface area contributed by atoms with Gasteiger partial charge in [0, 0.05) is 18.5 Å². The maximum Gasteiger partial charge on any atom is 0.256 e. The summed E-state index contributed by atoms with van der Waals surface area (Å²) in [6.45, 7) is 7.91. The van der Waals surface area contributed by atoms with E-state index in [1.54, 1.807) is 24.4 Å².